The first kappa shape index (κ1) is 22.9. The SMILES string of the molecule is Cc1cc(NS(=O)(=O)c2ccc(NC(=O)c3cc(-c4cccc(C)c4O)n[nH]3)cc2)nc(C)n1. The van der Waals surface area contributed by atoms with Crippen LogP contribution >= 0.6 is 0 Å². The molecule has 1 amide bonds. The molecule has 10 nitrogen and oxygen atoms in total. The Morgan fingerprint density at radius 1 is 1.00 bits per heavy atom. The number of phenols is 1. The van der Waals surface area contributed by atoms with E-state index in [-0.39, 0.29) is 22.2 Å². The van der Waals surface area contributed by atoms with Crippen LogP contribution in [0.15, 0.2) is 59.5 Å². The number of para-hydroxylation sites is 1. The summed E-state index contributed by atoms with van der Waals surface area (Å²) >= 11 is 0. The maximum atomic E-state index is 12.7. The Labute approximate surface area is 196 Å². The van der Waals surface area contributed by atoms with Crippen molar-refractivity contribution in [2.75, 3.05) is 10.0 Å². The van der Waals surface area contributed by atoms with Crippen molar-refractivity contribution in [3.8, 4) is 17.0 Å². The number of aromatic nitrogens is 4. The fourth-order valence-electron chi connectivity index (χ4n) is 3.32. The predicted octanol–water partition coefficient (Wildman–Crippen LogP) is 3.55. The molecule has 11 heteroatoms. The average molecular weight is 479 g/mol. The van der Waals surface area contributed by atoms with E-state index in [0.29, 0.717) is 34.0 Å². The number of amides is 1. The van der Waals surface area contributed by atoms with Gasteiger partial charge in [-0.25, -0.2) is 18.4 Å². The van der Waals surface area contributed by atoms with Crippen molar-refractivity contribution in [1.82, 2.24) is 20.2 Å². The Hall–Kier alpha value is -4.25. The van der Waals surface area contributed by atoms with Gasteiger partial charge in [0.25, 0.3) is 15.9 Å². The van der Waals surface area contributed by atoms with Gasteiger partial charge in [0.2, 0.25) is 0 Å². The highest BCUT2D eigenvalue weighted by atomic mass is 32.2. The van der Waals surface area contributed by atoms with Crippen LogP contribution in [-0.4, -0.2) is 39.6 Å². The molecule has 0 saturated heterocycles. The number of aryl methyl sites for hydroxylation is 3. The third-order valence-corrected chi connectivity index (χ3v) is 6.33. The number of carbonyl (C=O) groups excluding carboxylic acids is 1. The Balaban J connectivity index is 1.47. The van der Waals surface area contributed by atoms with Crippen molar-refractivity contribution in [3.05, 3.63) is 77.4 Å². The van der Waals surface area contributed by atoms with Crippen molar-refractivity contribution >= 4 is 27.4 Å². The molecular weight excluding hydrogens is 456 g/mol. The fraction of sp³-hybridized carbons (Fsp3) is 0.130. The Morgan fingerprint density at radius 3 is 2.44 bits per heavy atom. The zero-order chi connectivity index (χ0) is 24.5. The van der Waals surface area contributed by atoms with Gasteiger partial charge in [-0.1, -0.05) is 12.1 Å². The van der Waals surface area contributed by atoms with E-state index in [1.165, 1.54) is 36.4 Å². The number of rotatable bonds is 6. The lowest BCUT2D eigenvalue weighted by Gasteiger charge is -2.09. The summed E-state index contributed by atoms with van der Waals surface area (Å²) in [5, 5.41) is 19.7. The summed E-state index contributed by atoms with van der Waals surface area (Å²) in [5.41, 5.74) is 2.85. The van der Waals surface area contributed by atoms with Gasteiger partial charge in [0.05, 0.1) is 10.6 Å². The van der Waals surface area contributed by atoms with E-state index < -0.39 is 15.9 Å². The zero-order valence-electron chi connectivity index (χ0n) is 18.6. The van der Waals surface area contributed by atoms with Gasteiger partial charge in [0.15, 0.2) is 0 Å². The predicted molar refractivity (Wildman–Crippen MR) is 127 cm³/mol. The molecule has 4 rings (SSSR count). The van der Waals surface area contributed by atoms with Gasteiger partial charge in [0, 0.05) is 23.0 Å². The number of hydrogen-bond donors (Lipinski definition) is 4. The third-order valence-electron chi connectivity index (χ3n) is 4.96. The summed E-state index contributed by atoms with van der Waals surface area (Å²) in [6.45, 7) is 5.19. The van der Waals surface area contributed by atoms with Crippen LogP contribution < -0.4 is 10.0 Å². The molecule has 0 aliphatic rings. The van der Waals surface area contributed by atoms with Crippen molar-refractivity contribution in [1.29, 1.82) is 0 Å². The third kappa shape index (κ3) is 4.89. The van der Waals surface area contributed by atoms with Crippen LogP contribution in [0.25, 0.3) is 11.3 Å². The molecule has 0 aliphatic heterocycles. The average Bonchev–Trinajstić information content (AvgIpc) is 3.25. The summed E-state index contributed by atoms with van der Waals surface area (Å²) in [7, 11) is -3.87. The van der Waals surface area contributed by atoms with Gasteiger partial charge >= 0.3 is 0 Å². The number of aromatic hydroxyl groups is 1. The number of carbonyl (C=O) groups is 1. The minimum Gasteiger partial charge on any atom is -0.507 e. The van der Waals surface area contributed by atoms with E-state index in [1.807, 2.05) is 0 Å². The van der Waals surface area contributed by atoms with Gasteiger partial charge in [-0.2, -0.15) is 5.10 Å². The molecule has 0 atom stereocenters. The minimum atomic E-state index is -3.87. The van der Waals surface area contributed by atoms with Crippen LogP contribution in [0.4, 0.5) is 11.5 Å². The Kier molecular flexibility index (Phi) is 6.03. The summed E-state index contributed by atoms with van der Waals surface area (Å²) in [4.78, 5) is 20.8. The first-order valence-corrected chi connectivity index (χ1v) is 11.7. The number of benzene rings is 2. The molecule has 174 valence electrons. The Morgan fingerprint density at radius 2 is 1.74 bits per heavy atom. The maximum Gasteiger partial charge on any atom is 0.273 e. The van der Waals surface area contributed by atoms with Crippen molar-refractivity contribution in [3.63, 3.8) is 0 Å². The second kappa shape index (κ2) is 8.94. The maximum absolute atomic E-state index is 12.7. The summed E-state index contributed by atoms with van der Waals surface area (Å²) < 4.78 is 27.8. The number of phenolic OH excluding ortho intramolecular Hbond substituents is 1. The molecule has 2 heterocycles. The van der Waals surface area contributed by atoms with Gasteiger partial charge < -0.3 is 10.4 Å². The number of sulfonamides is 1. The number of anilines is 2. The van der Waals surface area contributed by atoms with Crippen molar-refractivity contribution < 1.29 is 18.3 Å². The molecule has 0 unspecified atom stereocenters. The fourth-order valence-corrected chi connectivity index (χ4v) is 4.32. The van der Waals surface area contributed by atoms with Gasteiger partial charge in [-0.15, -0.1) is 0 Å². The first-order valence-electron chi connectivity index (χ1n) is 10.2. The van der Waals surface area contributed by atoms with Crippen LogP contribution in [0.1, 0.15) is 27.6 Å². The van der Waals surface area contributed by atoms with Crippen LogP contribution in [-0.2, 0) is 10.0 Å². The molecule has 0 fully saturated rings. The van der Waals surface area contributed by atoms with Crippen LogP contribution in [0, 0.1) is 20.8 Å². The highest BCUT2D eigenvalue weighted by Crippen LogP contribution is 2.30. The minimum absolute atomic E-state index is 0.0122. The quantitative estimate of drug-likeness (QED) is 0.331. The molecule has 34 heavy (non-hydrogen) atoms. The van der Waals surface area contributed by atoms with Crippen molar-refractivity contribution in [2.24, 2.45) is 0 Å². The van der Waals surface area contributed by atoms with E-state index in [4.69, 9.17) is 0 Å². The molecule has 2 aromatic carbocycles. The standard InChI is InChI=1S/C23H22N6O4S/c1-13-5-4-6-18(22(13)30)19-12-20(28-27-19)23(31)26-16-7-9-17(10-8-16)34(32,33)29-21-11-14(2)24-15(3)25-21/h4-12,30H,1-3H3,(H,26,31)(H,27,28)(H,24,25,29). The first-order chi connectivity index (χ1) is 16.1. The van der Waals surface area contributed by atoms with Gasteiger partial charge in [-0.3, -0.25) is 14.6 Å². The van der Waals surface area contributed by atoms with E-state index in [0.717, 1.165) is 0 Å². The van der Waals surface area contributed by atoms with Crippen molar-refractivity contribution in [2.45, 2.75) is 25.7 Å². The lowest BCUT2D eigenvalue weighted by atomic mass is 10.1. The van der Waals surface area contributed by atoms with Crippen LogP contribution in [0.5, 0.6) is 5.75 Å². The molecule has 0 saturated carbocycles. The number of hydrogen-bond acceptors (Lipinski definition) is 7. The largest absolute Gasteiger partial charge is 0.507 e. The summed E-state index contributed by atoms with van der Waals surface area (Å²) in [6, 6.07) is 14.0. The number of H-pyrrole nitrogens is 1. The second-order valence-corrected chi connectivity index (χ2v) is 9.35. The van der Waals surface area contributed by atoms with Crippen LogP contribution in [0.3, 0.4) is 0 Å². The summed E-state index contributed by atoms with van der Waals surface area (Å²) in [5.74, 6) is 0.262. The van der Waals surface area contributed by atoms with Crippen LogP contribution in [0.2, 0.25) is 0 Å². The molecule has 4 aromatic rings. The smallest absolute Gasteiger partial charge is 0.273 e. The molecular formula is C23H22N6O4S. The second-order valence-electron chi connectivity index (χ2n) is 7.66. The zero-order valence-corrected chi connectivity index (χ0v) is 19.4. The molecule has 0 aliphatic carbocycles. The van der Waals surface area contributed by atoms with E-state index in [2.05, 4.69) is 30.2 Å². The highest BCUT2D eigenvalue weighted by Gasteiger charge is 2.17. The topological polar surface area (TPSA) is 150 Å². The van der Waals surface area contributed by atoms with E-state index in [1.54, 1.807) is 39.0 Å². The highest BCUT2D eigenvalue weighted by molar-refractivity contribution is 7.92. The number of nitrogens with one attached hydrogen (secondary N) is 3. The molecule has 0 radical (unpaired) electrons. The van der Waals surface area contributed by atoms with Gasteiger partial charge in [0.1, 0.15) is 23.1 Å². The van der Waals surface area contributed by atoms with Gasteiger partial charge in [-0.05, 0) is 62.7 Å². The molecule has 0 bridgehead atoms. The molecule has 2 aromatic heterocycles. The lowest BCUT2D eigenvalue weighted by molar-refractivity contribution is 0.102. The molecule has 0 spiro atoms. The van der Waals surface area contributed by atoms with E-state index >= 15 is 0 Å². The number of nitrogens with zero attached hydrogens (tertiary/aromatic N) is 3. The molecule has 4 N–H and O–H groups in total. The number of aromatic amines is 1. The lowest BCUT2D eigenvalue weighted by Crippen LogP contribution is -2.15. The Bertz CT molecular complexity index is 1460. The summed E-state index contributed by atoms with van der Waals surface area (Å²) in [6.07, 6.45) is 0. The van der Waals surface area contributed by atoms with E-state index in [9.17, 15) is 18.3 Å². The monoisotopic (exact) mass is 478 g/mol. The normalized spacial score (nSPS) is 11.3.